The zero-order valence-corrected chi connectivity index (χ0v) is 16.5. The summed E-state index contributed by atoms with van der Waals surface area (Å²) in [6, 6.07) is 20.6. The SMILES string of the molecule is CC[C@H](c1cc(O)c([C@H](c2ccccc2)C2CC2)c(=O)o1)[C@@H](O)c1ccccc1. The molecule has 3 atom stereocenters. The molecule has 0 unspecified atom stereocenters. The van der Waals surface area contributed by atoms with Crippen LogP contribution in [0.15, 0.2) is 75.9 Å². The van der Waals surface area contributed by atoms with Crippen molar-refractivity contribution in [1.29, 1.82) is 0 Å². The number of aromatic hydroxyl groups is 1. The van der Waals surface area contributed by atoms with E-state index in [1.165, 1.54) is 6.07 Å². The Balaban J connectivity index is 1.72. The quantitative estimate of drug-likeness (QED) is 0.588. The van der Waals surface area contributed by atoms with E-state index in [1.807, 2.05) is 67.6 Å². The highest BCUT2D eigenvalue weighted by molar-refractivity contribution is 5.42. The zero-order chi connectivity index (χ0) is 20.4. The lowest BCUT2D eigenvalue weighted by Crippen LogP contribution is -2.19. The Morgan fingerprint density at radius 3 is 2.10 bits per heavy atom. The maximum atomic E-state index is 13.0. The van der Waals surface area contributed by atoms with Gasteiger partial charge in [-0.2, -0.15) is 0 Å². The molecule has 4 heteroatoms. The van der Waals surface area contributed by atoms with Crippen molar-refractivity contribution in [2.24, 2.45) is 5.92 Å². The highest BCUT2D eigenvalue weighted by Crippen LogP contribution is 2.48. The fraction of sp³-hybridized carbons (Fsp3) is 0.320. The van der Waals surface area contributed by atoms with Crippen molar-refractivity contribution >= 4 is 0 Å². The third-order valence-electron chi connectivity index (χ3n) is 5.88. The van der Waals surface area contributed by atoms with Crippen LogP contribution in [0.2, 0.25) is 0 Å². The summed E-state index contributed by atoms with van der Waals surface area (Å²) in [5, 5.41) is 21.7. The highest BCUT2D eigenvalue weighted by Gasteiger charge is 2.37. The second-order valence-electron chi connectivity index (χ2n) is 7.83. The Kier molecular flexibility index (Phi) is 5.54. The minimum atomic E-state index is -0.817. The summed E-state index contributed by atoms with van der Waals surface area (Å²) in [5.41, 5.74) is 1.58. The molecule has 0 bridgehead atoms. The number of hydrogen-bond donors (Lipinski definition) is 2. The van der Waals surface area contributed by atoms with Gasteiger partial charge in [0.1, 0.15) is 11.5 Å². The van der Waals surface area contributed by atoms with E-state index in [0.29, 0.717) is 23.7 Å². The summed E-state index contributed by atoms with van der Waals surface area (Å²) >= 11 is 0. The van der Waals surface area contributed by atoms with Crippen LogP contribution in [0.5, 0.6) is 5.75 Å². The molecular weight excluding hydrogens is 364 g/mol. The first kappa shape index (κ1) is 19.5. The minimum absolute atomic E-state index is 0.0456. The van der Waals surface area contributed by atoms with Gasteiger partial charge in [0.2, 0.25) is 0 Å². The zero-order valence-electron chi connectivity index (χ0n) is 16.5. The van der Waals surface area contributed by atoms with Crippen molar-refractivity contribution in [3.05, 3.63) is 99.6 Å². The van der Waals surface area contributed by atoms with E-state index in [-0.39, 0.29) is 11.7 Å². The molecule has 2 N–H and O–H groups in total. The van der Waals surface area contributed by atoms with Crippen LogP contribution in [0.25, 0.3) is 0 Å². The molecule has 0 amide bonds. The van der Waals surface area contributed by atoms with Crippen LogP contribution in [0.3, 0.4) is 0 Å². The standard InChI is InChI=1S/C25H26O4/c1-2-19(24(27)18-11-7-4-8-12-18)21-15-20(26)23(25(28)29-21)22(17-13-14-17)16-9-5-3-6-10-16/h3-12,15,17,19,22,24,26-27H,2,13-14H2,1H3/t19-,22-,24+/m1/s1. The maximum Gasteiger partial charge on any atom is 0.343 e. The van der Waals surface area contributed by atoms with Crippen LogP contribution in [-0.2, 0) is 0 Å². The van der Waals surface area contributed by atoms with E-state index < -0.39 is 17.6 Å². The molecule has 0 spiro atoms. The molecule has 2 aromatic carbocycles. The number of hydrogen-bond acceptors (Lipinski definition) is 4. The van der Waals surface area contributed by atoms with Crippen LogP contribution in [0, 0.1) is 5.92 Å². The monoisotopic (exact) mass is 390 g/mol. The highest BCUT2D eigenvalue weighted by atomic mass is 16.4. The molecule has 4 nitrogen and oxygen atoms in total. The predicted molar refractivity (Wildman–Crippen MR) is 112 cm³/mol. The van der Waals surface area contributed by atoms with Crippen LogP contribution in [0.4, 0.5) is 0 Å². The Morgan fingerprint density at radius 2 is 1.59 bits per heavy atom. The summed E-state index contributed by atoms with van der Waals surface area (Å²) < 4.78 is 5.69. The van der Waals surface area contributed by atoms with Crippen molar-refractivity contribution in [2.75, 3.05) is 0 Å². The lowest BCUT2D eigenvalue weighted by Gasteiger charge is -2.23. The first-order chi connectivity index (χ1) is 14.1. The van der Waals surface area contributed by atoms with Crippen molar-refractivity contribution in [3.63, 3.8) is 0 Å². The molecule has 150 valence electrons. The van der Waals surface area contributed by atoms with Gasteiger partial charge in [-0.05, 0) is 36.3 Å². The molecule has 0 aliphatic heterocycles. The molecule has 3 aromatic rings. The molecule has 1 fully saturated rings. The molecule has 1 heterocycles. The Morgan fingerprint density at radius 1 is 1.00 bits per heavy atom. The minimum Gasteiger partial charge on any atom is -0.507 e. The summed E-state index contributed by atoms with van der Waals surface area (Å²) in [6.07, 6.45) is 1.82. The maximum absolute atomic E-state index is 13.0. The van der Waals surface area contributed by atoms with Gasteiger partial charge < -0.3 is 14.6 Å². The number of benzene rings is 2. The van der Waals surface area contributed by atoms with Crippen LogP contribution in [0.1, 0.15) is 66.6 Å². The van der Waals surface area contributed by atoms with Gasteiger partial charge >= 0.3 is 5.63 Å². The molecule has 1 aliphatic carbocycles. The average molecular weight is 390 g/mol. The van der Waals surface area contributed by atoms with E-state index >= 15 is 0 Å². The van der Waals surface area contributed by atoms with Crippen LogP contribution < -0.4 is 5.63 Å². The fourth-order valence-electron chi connectivity index (χ4n) is 4.20. The van der Waals surface area contributed by atoms with Gasteiger partial charge in [-0.3, -0.25) is 0 Å². The second-order valence-corrected chi connectivity index (χ2v) is 7.83. The van der Waals surface area contributed by atoms with Crippen LogP contribution in [-0.4, -0.2) is 10.2 Å². The normalized spacial score (nSPS) is 16.9. The second kappa shape index (κ2) is 8.26. The number of aliphatic hydroxyl groups excluding tert-OH is 1. The third kappa shape index (κ3) is 3.99. The lowest BCUT2D eigenvalue weighted by atomic mass is 9.86. The molecule has 1 saturated carbocycles. The Bertz CT molecular complexity index is 1010. The van der Waals surface area contributed by atoms with Crippen LogP contribution >= 0.6 is 0 Å². The first-order valence-corrected chi connectivity index (χ1v) is 10.2. The molecular formula is C25H26O4. The van der Waals surface area contributed by atoms with Gasteiger partial charge in [0.25, 0.3) is 0 Å². The van der Waals surface area contributed by atoms with Gasteiger partial charge in [0.05, 0.1) is 11.7 Å². The van der Waals surface area contributed by atoms with E-state index in [1.54, 1.807) is 0 Å². The van der Waals surface area contributed by atoms with Crippen molar-refractivity contribution in [1.82, 2.24) is 0 Å². The largest absolute Gasteiger partial charge is 0.507 e. The topological polar surface area (TPSA) is 70.7 Å². The molecule has 0 radical (unpaired) electrons. The summed E-state index contributed by atoms with van der Waals surface area (Å²) in [5.74, 6) is 0.0316. The van der Waals surface area contributed by atoms with Gasteiger partial charge in [-0.1, -0.05) is 67.6 Å². The molecule has 4 rings (SSSR count). The van der Waals surface area contributed by atoms with Crippen molar-refractivity contribution in [3.8, 4) is 5.75 Å². The smallest absolute Gasteiger partial charge is 0.343 e. The van der Waals surface area contributed by atoms with Gasteiger partial charge in [0, 0.05) is 17.9 Å². The number of rotatable bonds is 7. The molecule has 0 saturated heterocycles. The fourth-order valence-corrected chi connectivity index (χ4v) is 4.20. The third-order valence-corrected chi connectivity index (χ3v) is 5.88. The predicted octanol–water partition coefficient (Wildman–Crippen LogP) is 5.11. The Hall–Kier alpha value is -2.85. The van der Waals surface area contributed by atoms with E-state index in [9.17, 15) is 15.0 Å². The number of aliphatic hydroxyl groups is 1. The molecule has 29 heavy (non-hydrogen) atoms. The lowest BCUT2D eigenvalue weighted by molar-refractivity contribution is 0.129. The van der Waals surface area contributed by atoms with E-state index in [4.69, 9.17) is 4.42 Å². The summed E-state index contributed by atoms with van der Waals surface area (Å²) in [4.78, 5) is 13.0. The van der Waals surface area contributed by atoms with Gasteiger partial charge in [0.15, 0.2) is 0 Å². The summed E-state index contributed by atoms with van der Waals surface area (Å²) in [6.45, 7) is 1.93. The van der Waals surface area contributed by atoms with Gasteiger partial charge in [-0.15, -0.1) is 0 Å². The van der Waals surface area contributed by atoms with E-state index in [2.05, 4.69) is 0 Å². The first-order valence-electron chi connectivity index (χ1n) is 10.2. The van der Waals surface area contributed by atoms with Crippen molar-refractivity contribution < 1.29 is 14.6 Å². The Labute approximate surface area is 170 Å². The van der Waals surface area contributed by atoms with Gasteiger partial charge in [-0.25, -0.2) is 4.79 Å². The average Bonchev–Trinajstić information content (AvgIpc) is 3.57. The molecule has 1 aliphatic rings. The summed E-state index contributed by atoms with van der Waals surface area (Å²) in [7, 11) is 0. The molecule has 1 aromatic heterocycles. The van der Waals surface area contributed by atoms with Crippen molar-refractivity contribution in [2.45, 2.75) is 44.1 Å². The van der Waals surface area contributed by atoms with E-state index in [0.717, 1.165) is 24.0 Å².